The van der Waals surface area contributed by atoms with Gasteiger partial charge >= 0.3 is 5.97 Å². The van der Waals surface area contributed by atoms with Crippen molar-refractivity contribution in [2.45, 2.75) is 12.3 Å². The van der Waals surface area contributed by atoms with Crippen molar-refractivity contribution in [2.75, 3.05) is 21.3 Å². The number of carbonyl (C=O) groups excluding carboxylic acids is 2. The molecule has 0 aliphatic carbocycles. The van der Waals surface area contributed by atoms with E-state index in [0.717, 1.165) is 0 Å². The topological polar surface area (TPSA) is 61.8 Å². The van der Waals surface area contributed by atoms with Gasteiger partial charge in [0.1, 0.15) is 6.29 Å². The molecule has 0 aliphatic heterocycles. The van der Waals surface area contributed by atoms with Crippen molar-refractivity contribution in [1.82, 2.24) is 0 Å². The first-order chi connectivity index (χ1) is 9.59. The average molecular weight is 278 g/mol. The van der Waals surface area contributed by atoms with E-state index in [4.69, 9.17) is 14.2 Å². The number of hydrogen-bond donors (Lipinski definition) is 0. The maximum absolute atomic E-state index is 12.0. The second-order valence-corrected chi connectivity index (χ2v) is 4.05. The second-order valence-electron chi connectivity index (χ2n) is 4.05. The van der Waals surface area contributed by atoms with E-state index in [9.17, 15) is 9.59 Å². The van der Waals surface area contributed by atoms with Gasteiger partial charge < -0.3 is 19.0 Å². The quantitative estimate of drug-likeness (QED) is 0.344. The molecule has 0 bridgehead atoms. The standard InChI is InChI=1S/C15H18O5/c1-5-8-15(10-16,14(17)20-4)11-6-7-12(18-2)13(9-11)19-3/h5-10H,1-4H3. The Labute approximate surface area is 118 Å². The van der Waals surface area contributed by atoms with E-state index in [1.807, 2.05) is 0 Å². The summed E-state index contributed by atoms with van der Waals surface area (Å²) in [6.07, 6.45) is 3.68. The maximum Gasteiger partial charge on any atom is 0.327 e. The zero-order chi connectivity index (χ0) is 15.2. The van der Waals surface area contributed by atoms with Crippen molar-refractivity contribution in [3.63, 3.8) is 0 Å². The van der Waals surface area contributed by atoms with Gasteiger partial charge in [0, 0.05) is 0 Å². The molecular weight excluding hydrogens is 260 g/mol. The first-order valence-corrected chi connectivity index (χ1v) is 6.00. The lowest BCUT2D eigenvalue weighted by Crippen LogP contribution is -2.36. The Balaban J connectivity index is 3.49. The summed E-state index contributed by atoms with van der Waals surface area (Å²) in [6, 6.07) is 4.86. The fraction of sp³-hybridized carbons (Fsp3) is 0.333. The van der Waals surface area contributed by atoms with Crippen LogP contribution in [0.4, 0.5) is 0 Å². The van der Waals surface area contributed by atoms with Gasteiger partial charge in [-0.2, -0.15) is 0 Å². The van der Waals surface area contributed by atoms with Crippen LogP contribution in [0.5, 0.6) is 11.5 Å². The molecule has 1 unspecified atom stereocenters. The third kappa shape index (κ3) is 2.66. The van der Waals surface area contributed by atoms with Crippen LogP contribution >= 0.6 is 0 Å². The van der Waals surface area contributed by atoms with Crippen molar-refractivity contribution in [3.8, 4) is 11.5 Å². The summed E-state index contributed by atoms with van der Waals surface area (Å²) < 4.78 is 15.1. The van der Waals surface area contributed by atoms with Gasteiger partial charge in [-0.15, -0.1) is 0 Å². The predicted octanol–water partition coefficient (Wildman–Crippen LogP) is 1.89. The van der Waals surface area contributed by atoms with E-state index >= 15 is 0 Å². The molecule has 0 fully saturated rings. The average Bonchev–Trinajstić information content (AvgIpc) is 2.51. The van der Waals surface area contributed by atoms with Crippen molar-refractivity contribution < 1.29 is 23.8 Å². The molecule has 5 heteroatoms. The molecule has 1 aromatic carbocycles. The lowest BCUT2D eigenvalue weighted by Gasteiger charge is -2.23. The lowest BCUT2D eigenvalue weighted by molar-refractivity contribution is -0.147. The minimum Gasteiger partial charge on any atom is -0.493 e. The van der Waals surface area contributed by atoms with Crippen LogP contribution in [-0.4, -0.2) is 33.6 Å². The number of methoxy groups -OCH3 is 3. The highest BCUT2D eigenvalue weighted by atomic mass is 16.5. The highest BCUT2D eigenvalue weighted by molar-refractivity contribution is 6.02. The summed E-state index contributed by atoms with van der Waals surface area (Å²) in [7, 11) is 4.24. The number of rotatable bonds is 6. The SMILES string of the molecule is CC=CC(C=O)(C(=O)OC)c1ccc(OC)c(OC)c1. The van der Waals surface area contributed by atoms with Gasteiger partial charge in [-0.05, 0) is 24.6 Å². The molecule has 0 saturated heterocycles. The molecule has 0 spiro atoms. The van der Waals surface area contributed by atoms with Crippen LogP contribution in [0.15, 0.2) is 30.4 Å². The minimum atomic E-state index is -1.48. The molecular formula is C15H18O5. The lowest BCUT2D eigenvalue weighted by atomic mass is 9.81. The van der Waals surface area contributed by atoms with Crippen LogP contribution in [0.2, 0.25) is 0 Å². The summed E-state index contributed by atoms with van der Waals surface area (Å²) in [5.74, 6) is 0.295. The Kier molecular flexibility index (Phi) is 5.32. The molecule has 108 valence electrons. The molecule has 5 nitrogen and oxygen atoms in total. The summed E-state index contributed by atoms with van der Waals surface area (Å²) in [6.45, 7) is 1.72. The van der Waals surface area contributed by atoms with Crippen LogP contribution in [0.3, 0.4) is 0 Å². The number of ether oxygens (including phenoxy) is 3. The van der Waals surface area contributed by atoms with Crippen molar-refractivity contribution >= 4 is 12.3 Å². The van der Waals surface area contributed by atoms with Crippen LogP contribution in [0.1, 0.15) is 12.5 Å². The van der Waals surface area contributed by atoms with Crippen molar-refractivity contribution in [3.05, 3.63) is 35.9 Å². The first kappa shape index (κ1) is 15.8. The number of allylic oxidation sites excluding steroid dienone is 1. The second kappa shape index (κ2) is 6.75. The summed E-state index contributed by atoms with van der Waals surface area (Å²) in [5.41, 5.74) is -1.03. The highest BCUT2D eigenvalue weighted by Crippen LogP contribution is 2.34. The number of aldehydes is 1. The molecule has 0 aromatic heterocycles. The van der Waals surface area contributed by atoms with Gasteiger partial charge in [-0.3, -0.25) is 4.79 Å². The highest BCUT2D eigenvalue weighted by Gasteiger charge is 2.39. The normalized spacial score (nSPS) is 13.6. The van der Waals surface area contributed by atoms with Gasteiger partial charge in [0.15, 0.2) is 16.9 Å². The van der Waals surface area contributed by atoms with E-state index in [1.54, 1.807) is 31.2 Å². The molecule has 0 N–H and O–H groups in total. The minimum absolute atomic E-state index is 0.435. The predicted molar refractivity (Wildman–Crippen MR) is 74.1 cm³/mol. The molecule has 0 saturated carbocycles. The Morgan fingerprint density at radius 2 is 1.80 bits per heavy atom. The van der Waals surface area contributed by atoms with Gasteiger partial charge in [0.25, 0.3) is 0 Å². The van der Waals surface area contributed by atoms with Gasteiger partial charge in [-0.25, -0.2) is 0 Å². The molecule has 1 rings (SSSR count). The molecule has 0 amide bonds. The molecule has 0 aliphatic rings. The van der Waals surface area contributed by atoms with Crippen LogP contribution in [-0.2, 0) is 19.7 Å². The summed E-state index contributed by atoms with van der Waals surface area (Å²) in [4.78, 5) is 23.6. The molecule has 1 atom stereocenters. The number of hydrogen-bond acceptors (Lipinski definition) is 5. The first-order valence-electron chi connectivity index (χ1n) is 6.00. The van der Waals surface area contributed by atoms with E-state index in [0.29, 0.717) is 23.3 Å². The fourth-order valence-corrected chi connectivity index (χ4v) is 1.96. The third-order valence-electron chi connectivity index (χ3n) is 3.00. The van der Waals surface area contributed by atoms with E-state index < -0.39 is 11.4 Å². The smallest absolute Gasteiger partial charge is 0.327 e. The van der Waals surface area contributed by atoms with Crippen molar-refractivity contribution in [2.24, 2.45) is 0 Å². The largest absolute Gasteiger partial charge is 0.493 e. The van der Waals surface area contributed by atoms with Gasteiger partial charge in [0.2, 0.25) is 0 Å². The fourth-order valence-electron chi connectivity index (χ4n) is 1.96. The van der Waals surface area contributed by atoms with E-state index in [2.05, 4.69) is 0 Å². The summed E-state index contributed by atoms with van der Waals surface area (Å²) in [5, 5.41) is 0. The number of esters is 1. The zero-order valence-corrected chi connectivity index (χ0v) is 12.0. The molecule has 1 aromatic rings. The number of carbonyl (C=O) groups is 2. The zero-order valence-electron chi connectivity index (χ0n) is 12.0. The van der Waals surface area contributed by atoms with E-state index in [1.165, 1.54) is 27.4 Å². The Hall–Kier alpha value is -2.30. The third-order valence-corrected chi connectivity index (χ3v) is 3.00. The number of benzene rings is 1. The van der Waals surface area contributed by atoms with Crippen LogP contribution in [0.25, 0.3) is 0 Å². The molecule has 20 heavy (non-hydrogen) atoms. The van der Waals surface area contributed by atoms with Crippen molar-refractivity contribution in [1.29, 1.82) is 0 Å². The summed E-state index contributed by atoms with van der Waals surface area (Å²) >= 11 is 0. The van der Waals surface area contributed by atoms with Crippen LogP contribution < -0.4 is 9.47 Å². The Morgan fingerprint density at radius 1 is 1.15 bits per heavy atom. The maximum atomic E-state index is 12.0. The van der Waals surface area contributed by atoms with Gasteiger partial charge in [0.05, 0.1) is 21.3 Å². The monoisotopic (exact) mass is 278 g/mol. The Bertz CT molecular complexity index is 521. The van der Waals surface area contributed by atoms with Crippen LogP contribution in [0, 0.1) is 0 Å². The molecule has 0 heterocycles. The van der Waals surface area contributed by atoms with Gasteiger partial charge in [-0.1, -0.05) is 18.2 Å². The Morgan fingerprint density at radius 3 is 2.25 bits per heavy atom. The molecule has 0 radical (unpaired) electrons. The van der Waals surface area contributed by atoms with E-state index in [-0.39, 0.29) is 0 Å².